The lowest BCUT2D eigenvalue weighted by atomic mass is 10.0. The van der Waals surface area contributed by atoms with Crippen LogP contribution >= 0.6 is 0 Å². The summed E-state index contributed by atoms with van der Waals surface area (Å²) in [6.45, 7) is 4.54. The molecule has 2 heterocycles. The van der Waals surface area contributed by atoms with Gasteiger partial charge in [-0.15, -0.1) is 0 Å². The van der Waals surface area contributed by atoms with E-state index in [0.29, 0.717) is 34.9 Å². The Morgan fingerprint density at radius 1 is 1.03 bits per heavy atom. The van der Waals surface area contributed by atoms with Crippen LogP contribution in [0.1, 0.15) is 0 Å². The van der Waals surface area contributed by atoms with Gasteiger partial charge in [0.1, 0.15) is 18.2 Å². The van der Waals surface area contributed by atoms with E-state index < -0.39 is 0 Å². The quantitative estimate of drug-likeness (QED) is 0.377. The summed E-state index contributed by atoms with van der Waals surface area (Å²) < 4.78 is 26.2. The number of nitrogens with zero attached hydrogens (tertiary/aromatic N) is 4. The molecule has 0 saturated carbocycles. The van der Waals surface area contributed by atoms with E-state index >= 15 is 4.39 Å². The summed E-state index contributed by atoms with van der Waals surface area (Å²) in [5, 5.41) is 4.12. The molecular weight excluding hydrogens is 457 g/mol. The number of rotatable bonds is 8. The van der Waals surface area contributed by atoms with Crippen molar-refractivity contribution in [3.8, 4) is 16.9 Å². The Morgan fingerprint density at radius 2 is 1.83 bits per heavy atom. The third kappa shape index (κ3) is 5.56. The fourth-order valence-electron chi connectivity index (χ4n) is 4.19. The zero-order chi connectivity index (χ0) is 24.9. The standard InChI is InChI=1S/C28H30FN5O2/c1-33(2)12-17-36-23-10-11-24(26(29)18-23)25-5-3-4-20-19-30-28(32-27(20)25)31-21-6-8-22(9-7-21)34-13-15-35-16-14-34/h3-11,18-19H,12-17H2,1-2H3,(H,30,31,32). The average Bonchev–Trinajstić information content (AvgIpc) is 2.89. The van der Waals surface area contributed by atoms with Crippen molar-refractivity contribution in [2.45, 2.75) is 0 Å². The molecule has 7 nitrogen and oxygen atoms in total. The molecule has 1 aliphatic rings. The molecule has 1 N–H and O–H groups in total. The van der Waals surface area contributed by atoms with E-state index in [1.54, 1.807) is 18.3 Å². The van der Waals surface area contributed by atoms with Crippen LogP contribution in [0.5, 0.6) is 5.75 Å². The lowest BCUT2D eigenvalue weighted by molar-refractivity contribution is 0.122. The van der Waals surface area contributed by atoms with Crippen LogP contribution in [0.15, 0.2) is 66.9 Å². The Morgan fingerprint density at radius 3 is 2.58 bits per heavy atom. The minimum atomic E-state index is -0.350. The van der Waals surface area contributed by atoms with Crippen molar-refractivity contribution < 1.29 is 13.9 Å². The molecule has 1 aliphatic heterocycles. The van der Waals surface area contributed by atoms with E-state index in [1.807, 2.05) is 49.3 Å². The van der Waals surface area contributed by atoms with Gasteiger partial charge >= 0.3 is 0 Å². The molecule has 4 aromatic rings. The second kappa shape index (κ2) is 10.9. The molecule has 36 heavy (non-hydrogen) atoms. The van der Waals surface area contributed by atoms with E-state index in [4.69, 9.17) is 14.5 Å². The summed E-state index contributed by atoms with van der Waals surface area (Å²) in [5.74, 6) is 0.616. The molecule has 186 valence electrons. The first kappa shape index (κ1) is 24.0. The van der Waals surface area contributed by atoms with Crippen LogP contribution in [0.2, 0.25) is 0 Å². The van der Waals surface area contributed by atoms with Crippen LogP contribution < -0.4 is 15.0 Å². The van der Waals surface area contributed by atoms with Gasteiger partial charge in [0.2, 0.25) is 5.95 Å². The van der Waals surface area contributed by atoms with Crippen molar-refractivity contribution in [1.29, 1.82) is 0 Å². The van der Waals surface area contributed by atoms with Crippen molar-refractivity contribution in [3.05, 3.63) is 72.7 Å². The van der Waals surface area contributed by atoms with Crippen molar-refractivity contribution in [1.82, 2.24) is 14.9 Å². The molecular formula is C28H30FN5O2. The highest BCUT2D eigenvalue weighted by molar-refractivity contribution is 5.94. The summed E-state index contributed by atoms with van der Waals surface area (Å²) in [5.41, 5.74) is 3.91. The molecule has 1 aromatic heterocycles. The van der Waals surface area contributed by atoms with Gasteiger partial charge < -0.3 is 24.6 Å². The number of halogens is 1. The number of anilines is 3. The largest absolute Gasteiger partial charge is 0.492 e. The van der Waals surface area contributed by atoms with Gasteiger partial charge in [-0.1, -0.05) is 18.2 Å². The number of hydrogen-bond donors (Lipinski definition) is 1. The van der Waals surface area contributed by atoms with Gasteiger partial charge in [-0.25, -0.2) is 14.4 Å². The number of hydrogen-bond acceptors (Lipinski definition) is 7. The van der Waals surface area contributed by atoms with Crippen molar-refractivity contribution in [2.75, 3.05) is 63.8 Å². The van der Waals surface area contributed by atoms with Crippen LogP contribution in [-0.4, -0.2) is 68.4 Å². The van der Waals surface area contributed by atoms with E-state index in [2.05, 4.69) is 27.3 Å². The van der Waals surface area contributed by atoms with Gasteiger partial charge in [-0.2, -0.15) is 0 Å². The second-order valence-electron chi connectivity index (χ2n) is 9.00. The number of likely N-dealkylation sites (N-methyl/N-ethyl adjacent to an activating group) is 1. The number of benzene rings is 3. The van der Waals surface area contributed by atoms with Gasteiger partial charge in [0.15, 0.2) is 0 Å². The molecule has 0 spiro atoms. The molecule has 0 bridgehead atoms. The van der Waals surface area contributed by atoms with Crippen molar-refractivity contribution in [2.24, 2.45) is 0 Å². The zero-order valence-corrected chi connectivity index (χ0v) is 20.6. The van der Waals surface area contributed by atoms with Crippen LogP contribution in [0.25, 0.3) is 22.0 Å². The van der Waals surface area contributed by atoms with E-state index in [-0.39, 0.29) is 5.82 Å². The monoisotopic (exact) mass is 487 g/mol. The van der Waals surface area contributed by atoms with Gasteiger partial charge in [0.25, 0.3) is 0 Å². The number of morpholine rings is 1. The van der Waals surface area contributed by atoms with Crippen LogP contribution in [0, 0.1) is 5.82 Å². The first-order valence-corrected chi connectivity index (χ1v) is 12.1. The van der Waals surface area contributed by atoms with E-state index in [9.17, 15) is 0 Å². The Balaban J connectivity index is 1.37. The van der Waals surface area contributed by atoms with Crippen LogP contribution in [0.4, 0.5) is 21.7 Å². The first-order chi connectivity index (χ1) is 17.6. The molecule has 5 rings (SSSR count). The molecule has 0 aliphatic carbocycles. The lowest BCUT2D eigenvalue weighted by Crippen LogP contribution is -2.36. The van der Waals surface area contributed by atoms with E-state index in [1.165, 1.54) is 6.07 Å². The minimum Gasteiger partial charge on any atom is -0.492 e. The smallest absolute Gasteiger partial charge is 0.227 e. The SMILES string of the molecule is CN(C)CCOc1ccc(-c2cccc3cnc(Nc4ccc(N5CCOCC5)cc4)nc23)c(F)c1. The molecule has 0 unspecified atom stereocenters. The predicted molar refractivity (Wildman–Crippen MR) is 142 cm³/mol. The topological polar surface area (TPSA) is 62.8 Å². The number of nitrogens with one attached hydrogen (secondary N) is 1. The second-order valence-corrected chi connectivity index (χ2v) is 9.00. The molecule has 1 fully saturated rings. The Kier molecular flexibility index (Phi) is 7.25. The first-order valence-electron chi connectivity index (χ1n) is 12.1. The summed E-state index contributed by atoms with van der Waals surface area (Å²) in [6, 6.07) is 18.8. The van der Waals surface area contributed by atoms with Gasteiger partial charge in [0, 0.05) is 59.8 Å². The number of para-hydroxylation sites is 1. The van der Waals surface area contributed by atoms with Crippen LogP contribution in [-0.2, 0) is 4.74 Å². The molecule has 0 amide bonds. The third-order valence-corrected chi connectivity index (χ3v) is 6.15. The van der Waals surface area contributed by atoms with Gasteiger partial charge in [0.05, 0.1) is 18.7 Å². The minimum absolute atomic E-state index is 0.350. The van der Waals surface area contributed by atoms with Gasteiger partial charge in [-0.05, 0) is 50.5 Å². The Hall–Kier alpha value is -3.75. The van der Waals surface area contributed by atoms with Crippen molar-refractivity contribution >= 4 is 28.2 Å². The highest BCUT2D eigenvalue weighted by atomic mass is 19.1. The maximum atomic E-state index is 15.1. The maximum absolute atomic E-state index is 15.1. The Labute approximate surface area is 210 Å². The summed E-state index contributed by atoms with van der Waals surface area (Å²) in [6.07, 6.45) is 1.76. The summed E-state index contributed by atoms with van der Waals surface area (Å²) in [4.78, 5) is 13.5. The van der Waals surface area contributed by atoms with Crippen LogP contribution in [0.3, 0.4) is 0 Å². The number of ether oxygens (including phenoxy) is 2. The molecule has 0 atom stereocenters. The predicted octanol–water partition coefficient (Wildman–Crippen LogP) is 4.96. The molecule has 8 heteroatoms. The van der Waals surface area contributed by atoms with E-state index in [0.717, 1.165) is 49.6 Å². The number of aromatic nitrogens is 2. The van der Waals surface area contributed by atoms with Gasteiger partial charge in [-0.3, -0.25) is 0 Å². The highest BCUT2D eigenvalue weighted by Crippen LogP contribution is 2.32. The molecule has 3 aromatic carbocycles. The average molecular weight is 488 g/mol. The van der Waals surface area contributed by atoms with Crippen molar-refractivity contribution in [3.63, 3.8) is 0 Å². The normalized spacial score (nSPS) is 13.8. The number of fused-ring (bicyclic) bond motifs is 1. The maximum Gasteiger partial charge on any atom is 0.227 e. The summed E-state index contributed by atoms with van der Waals surface area (Å²) in [7, 11) is 3.94. The highest BCUT2D eigenvalue weighted by Gasteiger charge is 2.14. The molecule has 0 radical (unpaired) electrons. The fourth-order valence-corrected chi connectivity index (χ4v) is 4.19. The fraction of sp³-hybridized carbons (Fsp3) is 0.286. The molecule has 1 saturated heterocycles. The third-order valence-electron chi connectivity index (χ3n) is 6.15. The lowest BCUT2D eigenvalue weighted by Gasteiger charge is -2.28. The zero-order valence-electron chi connectivity index (χ0n) is 20.6. The Bertz CT molecular complexity index is 1320. The summed E-state index contributed by atoms with van der Waals surface area (Å²) >= 11 is 0.